The van der Waals surface area contributed by atoms with Gasteiger partial charge in [-0.15, -0.1) is 0 Å². The van der Waals surface area contributed by atoms with Gasteiger partial charge in [0.1, 0.15) is 12.2 Å². The fraction of sp³-hybridized carbons (Fsp3) is 1.00. The zero-order valence-electron chi connectivity index (χ0n) is 8.90. The molecule has 1 fully saturated rings. The van der Waals surface area contributed by atoms with E-state index in [4.69, 9.17) is 25.4 Å². The number of hydrogen-bond donors (Lipinski definition) is 5. The third kappa shape index (κ3) is 2.89. The van der Waals surface area contributed by atoms with Crippen LogP contribution in [0.3, 0.4) is 0 Å². The van der Waals surface area contributed by atoms with Crippen molar-refractivity contribution < 1.29 is 29.9 Å². The Hall–Kier alpha value is -0.280. The predicted octanol–water partition coefficient (Wildman–Crippen LogP) is -2.99. The fourth-order valence-electron chi connectivity index (χ4n) is 1.70. The maximum absolute atomic E-state index is 9.75. The van der Waals surface area contributed by atoms with Crippen LogP contribution in [0.5, 0.6) is 0 Å². The van der Waals surface area contributed by atoms with Gasteiger partial charge in [-0.25, -0.2) is 0 Å². The molecule has 0 saturated carbocycles. The van der Waals surface area contributed by atoms with E-state index in [0.29, 0.717) is 0 Å². The fourth-order valence-corrected chi connectivity index (χ4v) is 1.70. The minimum atomic E-state index is -1.14. The van der Waals surface area contributed by atoms with Crippen LogP contribution in [0.2, 0.25) is 0 Å². The van der Waals surface area contributed by atoms with Crippen LogP contribution in [0.1, 0.15) is 0 Å². The lowest BCUT2D eigenvalue weighted by molar-refractivity contribution is -0.292. The second-order valence-corrected chi connectivity index (χ2v) is 3.71. The van der Waals surface area contributed by atoms with Gasteiger partial charge in [0.2, 0.25) is 0 Å². The number of aliphatic hydroxyl groups excluding tert-OH is 4. The molecule has 16 heavy (non-hydrogen) atoms. The van der Waals surface area contributed by atoms with Crippen molar-refractivity contribution in [1.82, 2.24) is 0 Å². The molecule has 1 heterocycles. The third-order valence-corrected chi connectivity index (χ3v) is 2.64. The molecule has 0 radical (unpaired) electrons. The normalized spacial score (nSPS) is 39.9. The van der Waals surface area contributed by atoms with E-state index in [1.54, 1.807) is 0 Å². The van der Waals surface area contributed by atoms with Crippen LogP contribution in [0, 0.1) is 5.92 Å². The summed E-state index contributed by atoms with van der Waals surface area (Å²) in [4.78, 5) is 0. The molecule has 7 nitrogen and oxygen atoms in total. The summed E-state index contributed by atoms with van der Waals surface area (Å²) in [6, 6.07) is 0. The quantitative estimate of drug-likeness (QED) is 0.345. The first kappa shape index (κ1) is 13.8. The average Bonchev–Trinajstić information content (AvgIpc) is 2.29. The highest BCUT2D eigenvalue weighted by Crippen LogP contribution is 2.26. The molecule has 0 aliphatic carbocycles. The highest BCUT2D eigenvalue weighted by Gasteiger charge is 2.44. The van der Waals surface area contributed by atoms with E-state index in [0.717, 1.165) is 0 Å². The van der Waals surface area contributed by atoms with Crippen LogP contribution >= 0.6 is 0 Å². The molecule has 0 amide bonds. The van der Waals surface area contributed by atoms with Crippen molar-refractivity contribution in [3.05, 3.63) is 0 Å². The van der Waals surface area contributed by atoms with Gasteiger partial charge >= 0.3 is 0 Å². The molecule has 5 atom stereocenters. The van der Waals surface area contributed by atoms with E-state index in [2.05, 4.69) is 0 Å². The maximum atomic E-state index is 9.75. The smallest absolute Gasteiger partial charge is 0.184 e. The van der Waals surface area contributed by atoms with Crippen molar-refractivity contribution in [3.63, 3.8) is 0 Å². The number of hydrogen-bond acceptors (Lipinski definition) is 7. The second-order valence-electron chi connectivity index (χ2n) is 3.71. The Bertz CT molecular complexity index is 204. The third-order valence-electron chi connectivity index (χ3n) is 2.64. The van der Waals surface area contributed by atoms with Crippen LogP contribution in [0.4, 0.5) is 0 Å². The summed E-state index contributed by atoms with van der Waals surface area (Å²) in [5.41, 5.74) is 5.24. The summed E-state index contributed by atoms with van der Waals surface area (Å²) in [6.45, 7) is -0.367. The number of nitrogens with two attached hydrogens (primary N) is 1. The van der Waals surface area contributed by atoms with Gasteiger partial charge in [-0.05, 0) is 0 Å². The van der Waals surface area contributed by atoms with Crippen molar-refractivity contribution in [3.8, 4) is 0 Å². The van der Waals surface area contributed by atoms with Crippen molar-refractivity contribution >= 4 is 0 Å². The molecule has 7 heteroatoms. The Morgan fingerprint density at radius 3 is 2.31 bits per heavy atom. The minimum Gasteiger partial charge on any atom is -0.396 e. The summed E-state index contributed by atoms with van der Waals surface area (Å²) in [5, 5.41) is 37.4. The molecule has 0 aromatic carbocycles. The van der Waals surface area contributed by atoms with Crippen molar-refractivity contribution in [2.75, 3.05) is 26.4 Å². The highest BCUT2D eigenvalue weighted by molar-refractivity contribution is 4.88. The molecule has 96 valence electrons. The molecule has 0 aromatic rings. The predicted molar refractivity (Wildman–Crippen MR) is 53.3 cm³/mol. The van der Waals surface area contributed by atoms with E-state index < -0.39 is 43.7 Å². The molecule has 1 aliphatic heterocycles. The molecular formula is C9H19NO6. The Labute approximate surface area is 93.4 Å². The molecule has 6 N–H and O–H groups in total. The van der Waals surface area contributed by atoms with Gasteiger partial charge in [-0.3, -0.25) is 0 Å². The lowest BCUT2D eigenvalue weighted by Gasteiger charge is -2.41. The molecule has 0 spiro atoms. The van der Waals surface area contributed by atoms with E-state index in [9.17, 15) is 10.2 Å². The SMILES string of the molecule is NCCO[C@@H]1O[C@H](CO)[C@@H](O)[C@H](CO)[C@H]1O. The molecule has 0 unspecified atom stereocenters. The van der Waals surface area contributed by atoms with Crippen LogP contribution in [-0.4, -0.2) is 71.4 Å². The molecule has 1 saturated heterocycles. The number of rotatable bonds is 5. The largest absolute Gasteiger partial charge is 0.396 e. The van der Waals surface area contributed by atoms with E-state index >= 15 is 0 Å². The summed E-state index contributed by atoms with van der Waals surface area (Å²) in [5.74, 6) is -0.798. The van der Waals surface area contributed by atoms with Gasteiger partial charge in [0.15, 0.2) is 6.29 Å². The summed E-state index contributed by atoms with van der Waals surface area (Å²) >= 11 is 0. The highest BCUT2D eigenvalue weighted by atomic mass is 16.7. The average molecular weight is 237 g/mol. The first-order chi connectivity index (χ1) is 7.65. The molecule has 0 bridgehead atoms. The lowest BCUT2D eigenvalue weighted by Crippen LogP contribution is -2.57. The van der Waals surface area contributed by atoms with Crippen LogP contribution in [0.15, 0.2) is 0 Å². The first-order valence-corrected chi connectivity index (χ1v) is 5.20. The first-order valence-electron chi connectivity index (χ1n) is 5.20. The number of aliphatic hydroxyl groups is 4. The molecular weight excluding hydrogens is 218 g/mol. The second kappa shape index (κ2) is 6.45. The van der Waals surface area contributed by atoms with Gasteiger partial charge in [-0.1, -0.05) is 0 Å². The molecule has 0 aromatic heterocycles. The van der Waals surface area contributed by atoms with Crippen molar-refractivity contribution in [2.45, 2.75) is 24.6 Å². The Kier molecular flexibility index (Phi) is 5.56. The van der Waals surface area contributed by atoms with Crippen molar-refractivity contribution in [2.24, 2.45) is 11.7 Å². The van der Waals surface area contributed by atoms with Crippen LogP contribution < -0.4 is 5.73 Å². The monoisotopic (exact) mass is 237 g/mol. The van der Waals surface area contributed by atoms with E-state index in [1.807, 2.05) is 0 Å². The van der Waals surface area contributed by atoms with Gasteiger partial charge in [0, 0.05) is 12.5 Å². The van der Waals surface area contributed by atoms with Gasteiger partial charge < -0.3 is 35.6 Å². The maximum Gasteiger partial charge on any atom is 0.184 e. The zero-order valence-corrected chi connectivity index (χ0v) is 8.90. The molecule has 1 aliphatic rings. The van der Waals surface area contributed by atoms with Gasteiger partial charge in [0.05, 0.1) is 25.9 Å². The Morgan fingerprint density at radius 2 is 1.81 bits per heavy atom. The van der Waals surface area contributed by atoms with E-state index in [1.165, 1.54) is 0 Å². The number of ether oxygens (including phenoxy) is 2. The summed E-state index contributed by atoms with van der Waals surface area (Å²) in [7, 11) is 0. The van der Waals surface area contributed by atoms with Gasteiger partial charge in [0.25, 0.3) is 0 Å². The summed E-state index contributed by atoms with van der Waals surface area (Å²) in [6.07, 6.45) is -4.12. The Balaban J connectivity index is 2.64. The lowest BCUT2D eigenvalue weighted by atomic mass is 9.90. The Morgan fingerprint density at radius 1 is 1.12 bits per heavy atom. The minimum absolute atomic E-state index is 0.189. The van der Waals surface area contributed by atoms with Crippen molar-refractivity contribution in [1.29, 1.82) is 0 Å². The van der Waals surface area contributed by atoms with Crippen LogP contribution in [-0.2, 0) is 9.47 Å². The van der Waals surface area contributed by atoms with Crippen LogP contribution in [0.25, 0.3) is 0 Å². The van der Waals surface area contributed by atoms with E-state index in [-0.39, 0.29) is 13.2 Å². The standard InChI is InChI=1S/C9H19NO6/c10-1-2-15-9-8(14)5(3-11)7(13)6(4-12)16-9/h5-9,11-14H,1-4,10H2/t5-,6+,7-,8+,9+/m0/s1. The topological polar surface area (TPSA) is 125 Å². The molecule has 1 rings (SSSR count). The van der Waals surface area contributed by atoms with Gasteiger partial charge in [-0.2, -0.15) is 0 Å². The zero-order chi connectivity index (χ0) is 12.1. The summed E-state index contributed by atoms with van der Waals surface area (Å²) < 4.78 is 10.3.